The summed E-state index contributed by atoms with van der Waals surface area (Å²) in [5.74, 6) is 0.760. The van der Waals surface area contributed by atoms with Crippen molar-refractivity contribution in [1.29, 1.82) is 0 Å². The van der Waals surface area contributed by atoms with Crippen molar-refractivity contribution in [3.63, 3.8) is 0 Å². The monoisotopic (exact) mass is 242 g/mol. The zero-order valence-corrected chi connectivity index (χ0v) is 9.93. The molecule has 1 aromatic carbocycles. The molecule has 2 amide bonds. The van der Waals surface area contributed by atoms with E-state index in [0.29, 0.717) is 6.54 Å². The average Bonchev–Trinajstić information content (AvgIpc) is 3.05. The first-order chi connectivity index (χ1) is 8.84. The first-order valence-electron chi connectivity index (χ1n) is 6.00. The second kappa shape index (κ2) is 4.56. The number of fused-ring (bicyclic) bond motifs is 1. The number of carbonyl (C=O) groups excluding carboxylic acids is 1. The van der Waals surface area contributed by atoms with Gasteiger partial charge in [0.25, 0.3) is 0 Å². The van der Waals surface area contributed by atoms with Gasteiger partial charge >= 0.3 is 6.03 Å². The van der Waals surface area contributed by atoms with Gasteiger partial charge in [-0.2, -0.15) is 0 Å². The molecule has 0 bridgehead atoms. The highest BCUT2D eigenvalue weighted by molar-refractivity contribution is 5.94. The lowest BCUT2D eigenvalue weighted by Gasteiger charge is -2.17. The lowest BCUT2D eigenvalue weighted by Crippen LogP contribution is -2.38. The smallest absolute Gasteiger partial charge is 0.322 e. The van der Waals surface area contributed by atoms with Crippen LogP contribution in [0.15, 0.2) is 47.1 Å². The van der Waals surface area contributed by atoms with Gasteiger partial charge in [0.1, 0.15) is 5.76 Å². The van der Waals surface area contributed by atoms with Crippen LogP contribution < -0.4 is 10.2 Å². The largest absolute Gasteiger partial charge is 0.467 e. The third kappa shape index (κ3) is 1.97. The molecule has 1 aliphatic heterocycles. The number of benzene rings is 1. The molecule has 0 aliphatic carbocycles. The molecular weight excluding hydrogens is 228 g/mol. The number of hydrogen-bond donors (Lipinski definition) is 1. The molecule has 1 aromatic heterocycles. The first-order valence-corrected chi connectivity index (χ1v) is 6.00. The number of nitrogens with zero attached hydrogens (tertiary/aromatic N) is 1. The Kier molecular flexibility index (Phi) is 2.76. The van der Waals surface area contributed by atoms with E-state index in [4.69, 9.17) is 4.42 Å². The highest BCUT2D eigenvalue weighted by Crippen LogP contribution is 2.27. The van der Waals surface area contributed by atoms with Crippen LogP contribution in [0.1, 0.15) is 11.3 Å². The number of anilines is 1. The Bertz CT molecular complexity index is 549. The topological polar surface area (TPSA) is 45.5 Å². The summed E-state index contributed by atoms with van der Waals surface area (Å²) in [5, 5.41) is 2.86. The van der Waals surface area contributed by atoms with Gasteiger partial charge in [-0.25, -0.2) is 4.79 Å². The fourth-order valence-electron chi connectivity index (χ4n) is 2.22. The van der Waals surface area contributed by atoms with Crippen molar-refractivity contribution in [2.24, 2.45) is 0 Å². The molecule has 4 nitrogen and oxygen atoms in total. The molecule has 0 saturated carbocycles. The van der Waals surface area contributed by atoms with E-state index in [2.05, 4.69) is 11.4 Å². The summed E-state index contributed by atoms with van der Waals surface area (Å²) in [5.41, 5.74) is 2.24. The van der Waals surface area contributed by atoms with Crippen LogP contribution in [-0.2, 0) is 13.0 Å². The molecule has 2 aromatic rings. The van der Waals surface area contributed by atoms with Crippen LogP contribution in [-0.4, -0.2) is 12.6 Å². The number of furan rings is 1. The van der Waals surface area contributed by atoms with Crippen molar-refractivity contribution in [2.75, 3.05) is 11.4 Å². The fourth-order valence-corrected chi connectivity index (χ4v) is 2.22. The standard InChI is InChI=1S/C14H14N2O2/c17-14(15-10-12-5-3-9-18-12)16-8-7-11-4-1-2-6-13(11)16/h1-6,9H,7-8,10H2,(H,15,17). The summed E-state index contributed by atoms with van der Waals surface area (Å²) in [7, 11) is 0. The molecule has 4 heteroatoms. The van der Waals surface area contributed by atoms with Crippen molar-refractivity contribution in [3.05, 3.63) is 54.0 Å². The van der Waals surface area contributed by atoms with E-state index in [1.165, 1.54) is 5.56 Å². The molecule has 0 unspecified atom stereocenters. The molecule has 0 fully saturated rings. The van der Waals surface area contributed by atoms with E-state index in [0.717, 1.165) is 24.4 Å². The molecular formula is C14H14N2O2. The minimum Gasteiger partial charge on any atom is -0.467 e. The summed E-state index contributed by atoms with van der Waals surface area (Å²) in [6.07, 6.45) is 2.52. The second-order valence-corrected chi connectivity index (χ2v) is 4.27. The summed E-state index contributed by atoms with van der Waals surface area (Å²) >= 11 is 0. The predicted octanol–water partition coefficient (Wildman–Crippen LogP) is 2.55. The van der Waals surface area contributed by atoms with Crippen LogP contribution in [0, 0.1) is 0 Å². The number of para-hydroxylation sites is 1. The first kappa shape index (κ1) is 10.9. The maximum atomic E-state index is 12.1. The normalized spacial score (nSPS) is 13.4. The van der Waals surface area contributed by atoms with E-state index in [1.54, 1.807) is 11.2 Å². The Balaban J connectivity index is 1.67. The molecule has 0 radical (unpaired) electrons. The van der Waals surface area contributed by atoms with Crippen LogP contribution >= 0.6 is 0 Å². The molecule has 0 spiro atoms. The molecule has 0 atom stereocenters. The van der Waals surface area contributed by atoms with Gasteiger partial charge in [-0.1, -0.05) is 18.2 Å². The van der Waals surface area contributed by atoms with Gasteiger partial charge in [0.05, 0.1) is 12.8 Å². The van der Waals surface area contributed by atoms with E-state index < -0.39 is 0 Å². The SMILES string of the molecule is O=C(NCc1ccco1)N1CCc2ccccc21. The van der Waals surface area contributed by atoms with E-state index in [-0.39, 0.29) is 6.03 Å². The molecule has 1 N–H and O–H groups in total. The van der Waals surface area contributed by atoms with Gasteiger partial charge in [0, 0.05) is 12.2 Å². The van der Waals surface area contributed by atoms with Crippen LogP contribution in [0.4, 0.5) is 10.5 Å². The third-order valence-corrected chi connectivity index (χ3v) is 3.13. The molecule has 2 heterocycles. The maximum absolute atomic E-state index is 12.1. The number of amides is 2. The number of rotatable bonds is 2. The van der Waals surface area contributed by atoms with Gasteiger partial charge in [-0.3, -0.25) is 4.90 Å². The Morgan fingerprint density at radius 2 is 2.17 bits per heavy atom. The Hall–Kier alpha value is -2.23. The second-order valence-electron chi connectivity index (χ2n) is 4.27. The molecule has 92 valence electrons. The quantitative estimate of drug-likeness (QED) is 0.879. The van der Waals surface area contributed by atoms with E-state index in [9.17, 15) is 4.79 Å². The van der Waals surface area contributed by atoms with Crippen molar-refractivity contribution in [1.82, 2.24) is 5.32 Å². The van der Waals surface area contributed by atoms with Crippen molar-refractivity contribution in [2.45, 2.75) is 13.0 Å². The van der Waals surface area contributed by atoms with Gasteiger partial charge < -0.3 is 9.73 Å². The Morgan fingerprint density at radius 3 is 3.00 bits per heavy atom. The highest BCUT2D eigenvalue weighted by atomic mass is 16.3. The minimum absolute atomic E-state index is 0.0728. The van der Waals surface area contributed by atoms with Gasteiger partial charge in [0.2, 0.25) is 0 Å². The summed E-state index contributed by atoms with van der Waals surface area (Å²) in [6, 6.07) is 11.6. The maximum Gasteiger partial charge on any atom is 0.322 e. The van der Waals surface area contributed by atoms with Gasteiger partial charge in [-0.05, 0) is 30.2 Å². The molecule has 18 heavy (non-hydrogen) atoms. The third-order valence-electron chi connectivity index (χ3n) is 3.13. The fraction of sp³-hybridized carbons (Fsp3) is 0.214. The predicted molar refractivity (Wildman–Crippen MR) is 68.4 cm³/mol. The number of carbonyl (C=O) groups is 1. The zero-order valence-electron chi connectivity index (χ0n) is 9.93. The Labute approximate surface area is 105 Å². The Morgan fingerprint density at radius 1 is 1.28 bits per heavy atom. The number of nitrogens with one attached hydrogen (secondary N) is 1. The minimum atomic E-state index is -0.0728. The zero-order chi connectivity index (χ0) is 12.4. The molecule has 0 saturated heterocycles. The van der Waals surface area contributed by atoms with Crippen LogP contribution in [0.5, 0.6) is 0 Å². The van der Waals surface area contributed by atoms with Crippen LogP contribution in [0.2, 0.25) is 0 Å². The van der Waals surface area contributed by atoms with E-state index in [1.807, 2.05) is 30.3 Å². The van der Waals surface area contributed by atoms with Crippen molar-refractivity contribution < 1.29 is 9.21 Å². The summed E-state index contributed by atoms with van der Waals surface area (Å²) in [4.78, 5) is 13.9. The lowest BCUT2D eigenvalue weighted by molar-refractivity contribution is 0.245. The van der Waals surface area contributed by atoms with Crippen LogP contribution in [0.3, 0.4) is 0 Å². The highest BCUT2D eigenvalue weighted by Gasteiger charge is 2.23. The van der Waals surface area contributed by atoms with Crippen molar-refractivity contribution >= 4 is 11.7 Å². The van der Waals surface area contributed by atoms with Crippen molar-refractivity contribution in [3.8, 4) is 0 Å². The summed E-state index contributed by atoms with van der Waals surface area (Å²) < 4.78 is 5.18. The molecule has 3 rings (SSSR count). The number of urea groups is 1. The van der Waals surface area contributed by atoms with Gasteiger partial charge in [0.15, 0.2) is 0 Å². The number of hydrogen-bond acceptors (Lipinski definition) is 2. The lowest BCUT2D eigenvalue weighted by atomic mass is 10.2. The van der Waals surface area contributed by atoms with E-state index >= 15 is 0 Å². The average molecular weight is 242 g/mol. The summed E-state index contributed by atoms with van der Waals surface area (Å²) in [6.45, 7) is 1.16. The molecule has 1 aliphatic rings. The van der Waals surface area contributed by atoms with Gasteiger partial charge in [-0.15, -0.1) is 0 Å². The van der Waals surface area contributed by atoms with Crippen LogP contribution in [0.25, 0.3) is 0 Å².